The van der Waals surface area contributed by atoms with E-state index in [9.17, 15) is 9.18 Å². The third-order valence-corrected chi connectivity index (χ3v) is 3.33. The highest BCUT2D eigenvalue weighted by Gasteiger charge is 2.30. The topological polar surface area (TPSA) is 44.4 Å². The average Bonchev–Trinajstić information content (AvgIpc) is 2.38. The van der Waals surface area contributed by atoms with Crippen LogP contribution in [0.1, 0.15) is 18.5 Å². The Labute approximate surface area is 122 Å². The maximum Gasteiger partial charge on any atom is 0.253 e. The Balaban J connectivity index is 2.47. The normalized spacial score (nSPS) is 18.4. The highest BCUT2D eigenvalue weighted by Crippen LogP contribution is 2.27. The molecule has 1 aliphatic rings. The summed E-state index contributed by atoms with van der Waals surface area (Å²) in [4.78, 5) is 13.8. The van der Waals surface area contributed by atoms with Crippen LogP contribution in [0.15, 0.2) is 35.5 Å². The van der Waals surface area contributed by atoms with E-state index in [1.54, 1.807) is 33.2 Å². The monoisotopic (exact) mass is 293 g/mol. The second kappa shape index (κ2) is 5.58. The van der Waals surface area contributed by atoms with Crippen molar-refractivity contribution in [3.05, 3.63) is 46.9 Å². The van der Waals surface area contributed by atoms with Crippen molar-refractivity contribution in [2.24, 2.45) is 0 Å². The number of thiocarbonyl (C=S) groups is 1. The second-order valence-electron chi connectivity index (χ2n) is 4.82. The molecule has 2 N–H and O–H groups in total. The Morgan fingerprint density at radius 2 is 1.90 bits per heavy atom. The summed E-state index contributed by atoms with van der Waals surface area (Å²) in [5, 5.41) is 6.47. The van der Waals surface area contributed by atoms with E-state index in [0.29, 0.717) is 16.4 Å². The number of carbonyl (C=O) groups excluding carboxylic acids is 1. The van der Waals surface area contributed by atoms with Gasteiger partial charge in [0.15, 0.2) is 5.11 Å². The summed E-state index contributed by atoms with van der Waals surface area (Å²) in [6, 6.07) is 5.66. The van der Waals surface area contributed by atoms with Crippen molar-refractivity contribution >= 4 is 23.2 Å². The lowest BCUT2D eigenvalue weighted by molar-refractivity contribution is -0.125. The van der Waals surface area contributed by atoms with Crippen LogP contribution >= 0.6 is 12.2 Å². The number of hydrogen-bond acceptors (Lipinski definition) is 2. The van der Waals surface area contributed by atoms with E-state index in [2.05, 4.69) is 10.6 Å². The predicted octanol–water partition coefficient (Wildman–Crippen LogP) is 1.71. The molecule has 1 aliphatic heterocycles. The van der Waals surface area contributed by atoms with Crippen LogP contribution in [0.4, 0.5) is 4.39 Å². The van der Waals surface area contributed by atoms with Crippen molar-refractivity contribution in [1.82, 2.24) is 15.5 Å². The molecule has 6 heteroatoms. The minimum Gasteiger partial charge on any atom is -0.351 e. The van der Waals surface area contributed by atoms with E-state index in [4.69, 9.17) is 12.2 Å². The predicted molar refractivity (Wildman–Crippen MR) is 79.4 cm³/mol. The Morgan fingerprint density at radius 3 is 2.45 bits per heavy atom. The van der Waals surface area contributed by atoms with E-state index in [-0.39, 0.29) is 17.8 Å². The van der Waals surface area contributed by atoms with Gasteiger partial charge in [0.25, 0.3) is 5.91 Å². The molecule has 0 saturated heterocycles. The second-order valence-corrected chi connectivity index (χ2v) is 5.23. The zero-order valence-corrected chi connectivity index (χ0v) is 12.3. The molecule has 0 aromatic heterocycles. The molecular weight excluding hydrogens is 277 g/mol. The van der Waals surface area contributed by atoms with Crippen molar-refractivity contribution in [2.45, 2.75) is 13.0 Å². The lowest BCUT2D eigenvalue weighted by Gasteiger charge is -2.31. The summed E-state index contributed by atoms with van der Waals surface area (Å²) in [7, 11) is 3.38. The summed E-state index contributed by atoms with van der Waals surface area (Å²) < 4.78 is 13.0. The van der Waals surface area contributed by atoms with Crippen molar-refractivity contribution in [2.75, 3.05) is 14.1 Å². The zero-order valence-electron chi connectivity index (χ0n) is 11.5. The fraction of sp³-hybridized carbons (Fsp3) is 0.286. The van der Waals surface area contributed by atoms with Crippen LogP contribution in [-0.4, -0.2) is 30.0 Å². The van der Waals surface area contributed by atoms with E-state index in [1.807, 2.05) is 0 Å². The van der Waals surface area contributed by atoms with Crippen molar-refractivity contribution in [1.29, 1.82) is 0 Å². The van der Waals surface area contributed by atoms with E-state index in [0.717, 1.165) is 5.56 Å². The Kier molecular flexibility index (Phi) is 4.04. The van der Waals surface area contributed by atoms with Gasteiger partial charge in [-0.25, -0.2) is 4.39 Å². The molecule has 0 saturated carbocycles. The molecule has 0 bridgehead atoms. The number of hydrogen-bond donors (Lipinski definition) is 2. The van der Waals surface area contributed by atoms with Gasteiger partial charge in [0.05, 0.1) is 11.6 Å². The van der Waals surface area contributed by atoms with Gasteiger partial charge < -0.3 is 15.5 Å². The SMILES string of the molecule is CC1=C(C(=O)N(C)C)[C@H](c2ccc(F)cc2)NC(=S)N1. The maximum atomic E-state index is 13.0. The largest absolute Gasteiger partial charge is 0.351 e. The first-order chi connectivity index (χ1) is 9.40. The number of benzene rings is 1. The lowest BCUT2D eigenvalue weighted by Crippen LogP contribution is -2.46. The third kappa shape index (κ3) is 2.80. The Hall–Kier alpha value is -1.95. The molecule has 1 heterocycles. The van der Waals surface area contributed by atoms with Gasteiger partial charge in [-0.05, 0) is 36.8 Å². The van der Waals surface area contributed by atoms with E-state index >= 15 is 0 Å². The van der Waals surface area contributed by atoms with Gasteiger partial charge in [0.1, 0.15) is 5.82 Å². The fourth-order valence-electron chi connectivity index (χ4n) is 2.12. The number of likely N-dealkylation sites (N-methyl/N-ethyl adjacent to an activating group) is 1. The molecule has 1 aromatic rings. The van der Waals surface area contributed by atoms with Crippen LogP contribution in [-0.2, 0) is 4.79 Å². The number of rotatable bonds is 2. The zero-order chi connectivity index (χ0) is 14.9. The van der Waals surface area contributed by atoms with Crippen molar-refractivity contribution < 1.29 is 9.18 Å². The first-order valence-electron chi connectivity index (χ1n) is 6.15. The molecule has 0 radical (unpaired) electrons. The molecule has 0 fully saturated rings. The average molecular weight is 293 g/mol. The van der Waals surface area contributed by atoms with Gasteiger partial charge in [-0.3, -0.25) is 4.79 Å². The number of allylic oxidation sites excluding steroid dienone is 1. The van der Waals surface area contributed by atoms with Gasteiger partial charge in [0, 0.05) is 19.8 Å². The highest BCUT2D eigenvalue weighted by atomic mass is 32.1. The first kappa shape index (κ1) is 14.5. The summed E-state index contributed by atoms with van der Waals surface area (Å²) in [5.41, 5.74) is 2.08. The number of nitrogens with one attached hydrogen (secondary N) is 2. The molecule has 20 heavy (non-hydrogen) atoms. The van der Waals surface area contributed by atoms with Gasteiger partial charge in [-0.1, -0.05) is 12.1 Å². The quantitative estimate of drug-likeness (QED) is 0.815. The molecule has 0 unspecified atom stereocenters. The molecule has 4 nitrogen and oxygen atoms in total. The van der Waals surface area contributed by atoms with Crippen LogP contribution in [0.5, 0.6) is 0 Å². The number of carbonyl (C=O) groups is 1. The van der Waals surface area contributed by atoms with Gasteiger partial charge in [-0.2, -0.15) is 0 Å². The molecule has 1 amide bonds. The number of halogens is 1. The van der Waals surface area contributed by atoms with Gasteiger partial charge >= 0.3 is 0 Å². The van der Waals surface area contributed by atoms with Crippen LogP contribution < -0.4 is 10.6 Å². The van der Waals surface area contributed by atoms with E-state index in [1.165, 1.54) is 17.0 Å². The molecule has 106 valence electrons. The summed E-state index contributed by atoms with van der Waals surface area (Å²) in [6.07, 6.45) is 0. The molecule has 2 rings (SSSR count). The van der Waals surface area contributed by atoms with Gasteiger partial charge in [-0.15, -0.1) is 0 Å². The maximum absolute atomic E-state index is 13.0. The van der Waals surface area contributed by atoms with E-state index < -0.39 is 0 Å². The first-order valence-corrected chi connectivity index (χ1v) is 6.56. The summed E-state index contributed by atoms with van der Waals surface area (Å²) >= 11 is 5.14. The van der Waals surface area contributed by atoms with Gasteiger partial charge in [0.2, 0.25) is 0 Å². The molecule has 0 spiro atoms. The van der Waals surface area contributed by atoms with Crippen LogP contribution in [0, 0.1) is 5.82 Å². The smallest absolute Gasteiger partial charge is 0.253 e. The van der Waals surface area contributed by atoms with Crippen LogP contribution in [0.3, 0.4) is 0 Å². The third-order valence-electron chi connectivity index (χ3n) is 3.11. The minimum absolute atomic E-state index is 0.112. The Morgan fingerprint density at radius 1 is 1.30 bits per heavy atom. The number of amides is 1. The summed E-state index contributed by atoms with van der Waals surface area (Å²) in [5.74, 6) is -0.425. The molecule has 1 aromatic carbocycles. The minimum atomic E-state index is -0.376. The lowest BCUT2D eigenvalue weighted by atomic mass is 9.95. The molecule has 1 atom stereocenters. The van der Waals surface area contributed by atoms with Crippen molar-refractivity contribution in [3.8, 4) is 0 Å². The number of nitrogens with zero attached hydrogens (tertiary/aromatic N) is 1. The highest BCUT2D eigenvalue weighted by molar-refractivity contribution is 7.80. The standard InChI is InChI=1S/C14H16FN3OS/c1-8-11(13(19)18(2)3)12(17-14(20)16-8)9-4-6-10(15)7-5-9/h4-7,12H,1-3H3,(H2,16,17,20)/t12-/m0/s1. The van der Waals surface area contributed by atoms with Crippen LogP contribution in [0.25, 0.3) is 0 Å². The molecular formula is C14H16FN3OS. The van der Waals surface area contributed by atoms with Crippen molar-refractivity contribution in [3.63, 3.8) is 0 Å². The summed E-state index contributed by atoms with van der Waals surface area (Å²) in [6.45, 7) is 1.81. The molecule has 0 aliphatic carbocycles. The fourth-order valence-corrected chi connectivity index (χ4v) is 2.39. The van der Waals surface area contributed by atoms with Crippen LogP contribution in [0.2, 0.25) is 0 Å². The Bertz CT molecular complexity index is 581.